The monoisotopic (exact) mass is 451 g/mol. The Labute approximate surface area is 197 Å². The summed E-state index contributed by atoms with van der Waals surface area (Å²) in [5.41, 5.74) is 5.68. The maximum absolute atomic E-state index is 11.8. The van der Waals surface area contributed by atoms with Gasteiger partial charge in [0.25, 0.3) is 0 Å². The van der Waals surface area contributed by atoms with E-state index in [4.69, 9.17) is 14.4 Å². The zero-order valence-electron chi connectivity index (χ0n) is 18.9. The Morgan fingerprint density at radius 1 is 0.882 bits per heavy atom. The molecule has 1 N–H and O–H groups in total. The largest absolute Gasteiger partial charge is 0.481 e. The van der Waals surface area contributed by atoms with E-state index in [2.05, 4.69) is 12.1 Å². The summed E-state index contributed by atoms with van der Waals surface area (Å²) in [5, 5.41) is 9.69. The van der Waals surface area contributed by atoms with Crippen LogP contribution in [0.4, 0.5) is 0 Å². The Bertz CT molecular complexity index is 1440. The number of imidazole rings is 1. The molecule has 0 saturated carbocycles. The third kappa shape index (κ3) is 4.48. The van der Waals surface area contributed by atoms with Gasteiger partial charge in [-0.15, -0.1) is 0 Å². The number of rotatable bonds is 8. The molecule has 6 nitrogen and oxygen atoms in total. The van der Waals surface area contributed by atoms with E-state index in [-0.39, 0.29) is 6.42 Å². The number of aromatic nitrogens is 3. The van der Waals surface area contributed by atoms with Gasteiger partial charge in [-0.1, -0.05) is 67.6 Å². The second-order valence-electron chi connectivity index (χ2n) is 8.27. The summed E-state index contributed by atoms with van der Waals surface area (Å²) >= 11 is 0. The van der Waals surface area contributed by atoms with Crippen LogP contribution in [-0.2, 0) is 30.5 Å². The molecule has 0 unspecified atom stereocenters. The maximum Gasteiger partial charge on any atom is 0.309 e. The highest BCUT2D eigenvalue weighted by molar-refractivity contribution is 5.71. The van der Waals surface area contributed by atoms with Crippen molar-refractivity contribution in [1.82, 2.24) is 14.4 Å². The second kappa shape index (κ2) is 9.35. The molecular weight excluding hydrogens is 426 g/mol. The van der Waals surface area contributed by atoms with Crippen LogP contribution in [0.5, 0.6) is 0 Å². The molecule has 0 radical (unpaired) electrons. The van der Waals surface area contributed by atoms with Crippen molar-refractivity contribution >= 4 is 11.6 Å². The first-order chi connectivity index (χ1) is 16.6. The Morgan fingerprint density at radius 3 is 2.26 bits per heavy atom. The van der Waals surface area contributed by atoms with Crippen molar-refractivity contribution < 1.29 is 14.3 Å². The van der Waals surface area contributed by atoms with Crippen LogP contribution in [0.3, 0.4) is 0 Å². The van der Waals surface area contributed by atoms with Gasteiger partial charge in [-0.05, 0) is 17.7 Å². The Kier molecular flexibility index (Phi) is 5.95. The number of furan rings is 1. The van der Waals surface area contributed by atoms with Crippen LogP contribution in [-0.4, -0.2) is 25.4 Å². The SMILES string of the molecule is CCc1ccc(Cc2nc3c(Cc4ccccc4)nc(-c4ccccc4)cn3c2CC(=O)O)o1. The number of hydrogen-bond donors (Lipinski definition) is 1. The van der Waals surface area contributed by atoms with Gasteiger partial charge in [-0.25, -0.2) is 9.97 Å². The minimum atomic E-state index is -0.903. The molecule has 3 heterocycles. The average molecular weight is 452 g/mol. The molecule has 5 rings (SSSR count). The lowest BCUT2D eigenvalue weighted by Crippen LogP contribution is -2.08. The summed E-state index contributed by atoms with van der Waals surface area (Å²) in [6.45, 7) is 2.04. The highest BCUT2D eigenvalue weighted by atomic mass is 16.4. The molecule has 0 aliphatic carbocycles. The van der Waals surface area contributed by atoms with Crippen LogP contribution in [0.1, 0.15) is 41.1 Å². The van der Waals surface area contributed by atoms with E-state index in [0.717, 1.165) is 40.5 Å². The number of benzene rings is 2. The van der Waals surface area contributed by atoms with Gasteiger partial charge in [0.05, 0.1) is 35.6 Å². The Morgan fingerprint density at radius 2 is 1.59 bits per heavy atom. The van der Waals surface area contributed by atoms with E-state index in [1.54, 1.807) is 0 Å². The van der Waals surface area contributed by atoms with Gasteiger partial charge < -0.3 is 9.52 Å². The maximum atomic E-state index is 11.8. The first-order valence-electron chi connectivity index (χ1n) is 11.4. The average Bonchev–Trinajstić information content (AvgIpc) is 3.45. The number of nitrogens with zero attached hydrogens (tertiary/aromatic N) is 3. The van der Waals surface area contributed by atoms with Crippen molar-refractivity contribution in [1.29, 1.82) is 0 Å². The zero-order chi connectivity index (χ0) is 23.5. The molecule has 2 aromatic carbocycles. The number of carboxylic acid groups (broad SMARTS) is 1. The molecule has 0 fully saturated rings. The van der Waals surface area contributed by atoms with Crippen LogP contribution >= 0.6 is 0 Å². The highest BCUT2D eigenvalue weighted by Crippen LogP contribution is 2.26. The van der Waals surface area contributed by atoms with Gasteiger partial charge in [0, 0.05) is 24.6 Å². The van der Waals surface area contributed by atoms with Crippen LogP contribution in [0.2, 0.25) is 0 Å². The van der Waals surface area contributed by atoms with Gasteiger partial charge in [0.15, 0.2) is 5.65 Å². The van der Waals surface area contributed by atoms with Gasteiger partial charge in [0.1, 0.15) is 11.5 Å². The third-order valence-electron chi connectivity index (χ3n) is 5.87. The van der Waals surface area contributed by atoms with Crippen LogP contribution in [0.25, 0.3) is 16.9 Å². The molecular formula is C28H25N3O3. The van der Waals surface area contributed by atoms with E-state index >= 15 is 0 Å². The van der Waals surface area contributed by atoms with E-state index in [0.29, 0.717) is 29.9 Å². The predicted molar refractivity (Wildman–Crippen MR) is 130 cm³/mol. The smallest absolute Gasteiger partial charge is 0.309 e. The van der Waals surface area contributed by atoms with Crippen molar-refractivity contribution in [3.05, 3.63) is 113 Å². The van der Waals surface area contributed by atoms with E-state index in [9.17, 15) is 9.90 Å². The number of fused-ring (bicyclic) bond motifs is 1. The quantitative estimate of drug-likeness (QED) is 0.343. The summed E-state index contributed by atoms with van der Waals surface area (Å²) in [6, 6.07) is 23.9. The lowest BCUT2D eigenvalue weighted by Gasteiger charge is -2.09. The number of carbonyl (C=O) groups is 1. The van der Waals surface area contributed by atoms with Gasteiger partial charge in [-0.2, -0.15) is 0 Å². The Hall–Kier alpha value is -4.19. The molecule has 0 bridgehead atoms. The topological polar surface area (TPSA) is 80.6 Å². The van der Waals surface area contributed by atoms with Crippen LogP contribution in [0.15, 0.2) is 83.4 Å². The summed E-state index contributed by atoms with van der Waals surface area (Å²) in [6.07, 6.45) is 3.58. The molecule has 0 aliphatic heterocycles. The summed E-state index contributed by atoms with van der Waals surface area (Å²) < 4.78 is 7.80. The summed E-state index contributed by atoms with van der Waals surface area (Å²) in [4.78, 5) is 21.7. The fraction of sp³-hybridized carbons (Fsp3) is 0.179. The molecule has 6 heteroatoms. The summed E-state index contributed by atoms with van der Waals surface area (Å²) in [5.74, 6) is 0.767. The zero-order valence-corrected chi connectivity index (χ0v) is 18.9. The lowest BCUT2D eigenvalue weighted by molar-refractivity contribution is -0.136. The number of hydrogen-bond acceptors (Lipinski definition) is 4. The van der Waals surface area contributed by atoms with Crippen molar-refractivity contribution in [3.63, 3.8) is 0 Å². The lowest BCUT2D eigenvalue weighted by atomic mass is 10.1. The highest BCUT2D eigenvalue weighted by Gasteiger charge is 2.21. The van der Waals surface area contributed by atoms with E-state index in [1.807, 2.05) is 78.2 Å². The van der Waals surface area contributed by atoms with E-state index in [1.165, 1.54) is 0 Å². The first-order valence-corrected chi connectivity index (χ1v) is 11.4. The molecule has 0 aliphatic rings. The van der Waals surface area contributed by atoms with Crippen molar-refractivity contribution in [2.45, 2.75) is 32.6 Å². The molecule has 5 aromatic rings. The molecule has 170 valence electrons. The van der Waals surface area contributed by atoms with Crippen molar-refractivity contribution in [3.8, 4) is 11.3 Å². The van der Waals surface area contributed by atoms with Crippen LogP contribution in [0, 0.1) is 0 Å². The number of aliphatic carboxylic acids is 1. The minimum absolute atomic E-state index is 0.138. The van der Waals surface area contributed by atoms with Gasteiger partial charge >= 0.3 is 5.97 Å². The molecule has 0 amide bonds. The first kappa shape index (κ1) is 21.6. The van der Waals surface area contributed by atoms with Gasteiger partial charge in [-0.3, -0.25) is 9.20 Å². The second-order valence-corrected chi connectivity index (χ2v) is 8.27. The molecule has 34 heavy (non-hydrogen) atoms. The fourth-order valence-corrected chi connectivity index (χ4v) is 4.20. The minimum Gasteiger partial charge on any atom is -0.481 e. The molecule has 0 spiro atoms. The predicted octanol–water partition coefficient (Wildman–Crippen LogP) is 5.36. The number of aryl methyl sites for hydroxylation is 1. The third-order valence-corrected chi connectivity index (χ3v) is 5.87. The van der Waals surface area contributed by atoms with Crippen molar-refractivity contribution in [2.24, 2.45) is 0 Å². The number of carboxylic acids is 1. The molecule has 0 saturated heterocycles. The molecule has 3 aromatic heterocycles. The van der Waals surface area contributed by atoms with E-state index < -0.39 is 5.97 Å². The van der Waals surface area contributed by atoms with Crippen LogP contribution < -0.4 is 0 Å². The molecule has 0 atom stereocenters. The standard InChI is InChI=1S/C28H25N3O3/c1-2-21-13-14-22(34-21)16-23-26(17-27(32)33)31-18-25(20-11-7-4-8-12-20)29-24(28(31)30-23)15-19-9-5-3-6-10-19/h3-14,18H,2,15-17H2,1H3,(H,32,33). The van der Waals surface area contributed by atoms with Gasteiger partial charge in [0.2, 0.25) is 0 Å². The summed E-state index contributed by atoms with van der Waals surface area (Å²) in [7, 11) is 0. The van der Waals surface area contributed by atoms with Crippen molar-refractivity contribution in [2.75, 3.05) is 0 Å². The Balaban J connectivity index is 1.69. The normalized spacial score (nSPS) is 11.2. The fourth-order valence-electron chi connectivity index (χ4n) is 4.20.